The molecule has 108 valence electrons. The highest BCUT2D eigenvalue weighted by Gasteiger charge is 2.11. The summed E-state index contributed by atoms with van der Waals surface area (Å²) in [6, 6.07) is 18.9. The van der Waals surface area contributed by atoms with Crippen LogP contribution in [-0.2, 0) is 0 Å². The van der Waals surface area contributed by atoms with E-state index in [0.717, 1.165) is 16.3 Å². The van der Waals surface area contributed by atoms with Gasteiger partial charge in [0.1, 0.15) is 5.58 Å². The van der Waals surface area contributed by atoms with Crippen LogP contribution < -0.4 is 5.43 Å². The monoisotopic (exact) mass is 298 g/mol. The summed E-state index contributed by atoms with van der Waals surface area (Å²) in [4.78, 5) is 21.7. The van der Waals surface area contributed by atoms with Crippen LogP contribution in [-0.4, -0.2) is 9.97 Å². The lowest BCUT2D eigenvalue weighted by atomic mass is 10.1. The van der Waals surface area contributed by atoms with Gasteiger partial charge >= 0.3 is 0 Å². The Morgan fingerprint density at radius 2 is 1.61 bits per heavy atom. The van der Waals surface area contributed by atoms with Crippen molar-refractivity contribution < 1.29 is 4.42 Å². The summed E-state index contributed by atoms with van der Waals surface area (Å²) in [6.07, 6.45) is 0. The first-order valence-corrected chi connectivity index (χ1v) is 7.32. The summed E-state index contributed by atoms with van der Waals surface area (Å²) in [5, 5.41) is 2.42. The number of aromatic nitrogens is 2. The predicted octanol–water partition coefficient (Wildman–Crippen LogP) is 4.04. The molecule has 3 aromatic heterocycles. The van der Waals surface area contributed by atoms with Crippen molar-refractivity contribution in [2.45, 2.75) is 0 Å². The first-order chi connectivity index (χ1) is 11.3. The molecule has 0 aliphatic heterocycles. The van der Waals surface area contributed by atoms with Crippen LogP contribution in [0.4, 0.5) is 0 Å². The second kappa shape index (κ2) is 4.36. The highest BCUT2D eigenvalue weighted by Crippen LogP contribution is 2.23. The number of fused-ring (bicyclic) bond motifs is 4. The number of para-hydroxylation sites is 2. The van der Waals surface area contributed by atoms with Gasteiger partial charge in [0.15, 0.2) is 16.7 Å². The molecule has 0 spiro atoms. The molecule has 0 aliphatic rings. The maximum atomic E-state index is 12.6. The summed E-state index contributed by atoms with van der Waals surface area (Å²) in [6.45, 7) is 0. The molecule has 5 aromatic rings. The molecule has 0 saturated carbocycles. The molecule has 4 heteroatoms. The molecule has 3 heterocycles. The lowest BCUT2D eigenvalue weighted by Gasteiger charge is -2.04. The van der Waals surface area contributed by atoms with E-state index < -0.39 is 0 Å². The summed E-state index contributed by atoms with van der Waals surface area (Å²) in [5.41, 5.74) is 2.66. The van der Waals surface area contributed by atoms with E-state index >= 15 is 0 Å². The molecule has 0 amide bonds. The largest absolute Gasteiger partial charge is 0.454 e. The van der Waals surface area contributed by atoms with Crippen LogP contribution in [0, 0.1) is 0 Å². The second-order valence-electron chi connectivity index (χ2n) is 5.49. The Labute approximate surface area is 130 Å². The highest BCUT2D eigenvalue weighted by atomic mass is 16.3. The summed E-state index contributed by atoms with van der Waals surface area (Å²) in [7, 11) is 0. The molecule has 5 rings (SSSR count). The van der Waals surface area contributed by atoms with E-state index in [1.165, 1.54) is 0 Å². The fraction of sp³-hybridized carbons (Fsp3) is 0. The first-order valence-electron chi connectivity index (χ1n) is 7.32. The zero-order chi connectivity index (χ0) is 15.4. The third kappa shape index (κ3) is 1.75. The average molecular weight is 298 g/mol. The molecule has 2 aromatic carbocycles. The Morgan fingerprint density at radius 1 is 0.783 bits per heavy atom. The number of benzene rings is 2. The fourth-order valence-corrected chi connectivity index (χ4v) is 2.92. The number of rotatable bonds is 0. The third-order valence-electron chi connectivity index (χ3n) is 4.04. The minimum absolute atomic E-state index is 0.126. The van der Waals surface area contributed by atoms with Gasteiger partial charge in [0.25, 0.3) is 0 Å². The van der Waals surface area contributed by atoms with Crippen LogP contribution in [0.5, 0.6) is 0 Å². The molecule has 0 unspecified atom stereocenters. The van der Waals surface area contributed by atoms with Gasteiger partial charge in [-0.05, 0) is 30.3 Å². The SMILES string of the molecule is O=c1c2ccccc2oc2cc3cc4ccccc4nc3nc12. The summed E-state index contributed by atoms with van der Waals surface area (Å²) < 4.78 is 5.86. The quantitative estimate of drug-likeness (QED) is 0.405. The molecule has 4 nitrogen and oxygen atoms in total. The van der Waals surface area contributed by atoms with Gasteiger partial charge < -0.3 is 4.42 Å². The van der Waals surface area contributed by atoms with Gasteiger partial charge in [0, 0.05) is 10.8 Å². The number of hydrogen-bond acceptors (Lipinski definition) is 4. The molecular formula is C19H10N2O2. The second-order valence-corrected chi connectivity index (χ2v) is 5.49. The zero-order valence-electron chi connectivity index (χ0n) is 12.0. The Kier molecular flexibility index (Phi) is 2.33. The van der Waals surface area contributed by atoms with E-state index in [9.17, 15) is 4.79 Å². The minimum Gasteiger partial charge on any atom is -0.454 e. The van der Waals surface area contributed by atoms with Crippen molar-refractivity contribution in [2.24, 2.45) is 0 Å². The topological polar surface area (TPSA) is 56.0 Å². The maximum absolute atomic E-state index is 12.6. The lowest BCUT2D eigenvalue weighted by Crippen LogP contribution is -2.04. The molecule has 0 saturated heterocycles. The molecule has 0 bridgehead atoms. The molecular weight excluding hydrogens is 288 g/mol. The summed E-state index contributed by atoms with van der Waals surface area (Å²) >= 11 is 0. The highest BCUT2D eigenvalue weighted by molar-refractivity contribution is 5.97. The first kappa shape index (κ1) is 12.3. The molecule has 0 fully saturated rings. The standard InChI is InChI=1S/C19H10N2O2/c22-18-13-6-2-4-8-15(13)23-16-10-12-9-11-5-1-3-7-14(11)20-19(12)21-17(16)18/h1-10H. The molecule has 0 N–H and O–H groups in total. The third-order valence-corrected chi connectivity index (χ3v) is 4.04. The Morgan fingerprint density at radius 3 is 2.57 bits per heavy atom. The molecule has 23 heavy (non-hydrogen) atoms. The van der Waals surface area contributed by atoms with Crippen molar-refractivity contribution in [1.29, 1.82) is 0 Å². The van der Waals surface area contributed by atoms with Crippen molar-refractivity contribution in [3.8, 4) is 0 Å². The zero-order valence-corrected chi connectivity index (χ0v) is 12.0. The van der Waals surface area contributed by atoms with Crippen molar-refractivity contribution >= 4 is 44.0 Å². The van der Waals surface area contributed by atoms with Gasteiger partial charge in [-0.1, -0.05) is 30.3 Å². The van der Waals surface area contributed by atoms with E-state index in [0.29, 0.717) is 27.7 Å². The maximum Gasteiger partial charge on any atom is 0.219 e. The molecule has 0 aliphatic carbocycles. The molecule has 0 radical (unpaired) electrons. The van der Waals surface area contributed by atoms with Gasteiger partial charge in [-0.25, -0.2) is 9.97 Å². The van der Waals surface area contributed by atoms with Crippen molar-refractivity contribution in [1.82, 2.24) is 9.97 Å². The minimum atomic E-state index is -0.126. The van der Waals surface area contributed by atoms with Crippen molar-refractivity contribution in [3.63, 3.8) is 0 Å². The van der Waals surface area contributed by atoms with E-state index in [1.807, 2.05) is 48.5 Å². The normalized spacial score (nSPS) is 11.7. The van der Waals surface area contributed by atoms with E-state index in [-0.39, 0.29) is 5.43 Å². The number of pyridine rings is 2. The summed E-state index contributed by atoms with van der Waals surface area (Å²) in [5.74, 6) is 0. The van der Waals surface area contributed by atoms with Crippen LogP contribution in [0.15, 0.2) is 69.9 Å². The number of hydrogen-bond donors (Lipinski definition) is 0. The van der Waals surface area contributed by atoms with Gasteiger partial charge in [0.2, 0.25) is 5.43 Å². The van der Waals surface area contributed by atoms with E-state index in [1.54, 1.807) is 12.1 Å². The van der Waals surface area contributed by atoms with Gasteiger partial charge in [-0.3, -0.25) is 4.79 Å². The Hall–Kier alpha value is -3.27. The smallest absolute Gasteiger partial charge is 0.219 e. The average Bonchev–Trinajstić information content (AvgIpc) is 2.59. The lowest BCUT2D eigenvalue weighted by molar-refractivity contribution is 0.659. The van der Waals surface area contributed by atoms with Gasteiger partial charge in [-0.15, -0.1) is 0 Å². The van der Waals surface area contributed by atoms with Crippen LogP contribution in [0.2, 0.25) is 0 Å². The van der Waals surface area contributed by atoms with Crippen LogP contribution in [0.25, 0.3) is 44.0 Å². The fourth-order valence-electron chi connectivity index (χ4n) is 2.92. The Bertz CT molecular complexity index is 1290. The van der Waals surface area contributed by atoms with Crippen molar-refractivity contribution in [3.05, 3.63) is 70.9 Å². The molecule has 0 atom stereocenters. The number of nitrogens with zero attached hydrogens (tertiary/aromatic N) is 2. The predicted molar refractivity (Wildman–Crippen MR) is 90.6 cm³/mol. The van der Waals surface area contributed by atoms with E-state index in [2.05, 4.69) is 9.97 Å². The van der Waals surface area contributed by atoms with Crippen LogP contribution in [0.3, 0.4) is 0 Å². The van der Waals surface area contributed by atoms with Gasteiger partial charge in [0.05, 0.1) is 10.9 Å². The van der Waals surface area contributed by atoms with Crippen LogP contribution in [0.1, 0.15) is 0 Å². The van der Waals surface area contributed by atoms with Crippen molar-refractivity contribution in [2.75, 3.05) is 0 Å². The van der Waals surface area contributed by atoms with Crippen LogP contribution >= 0.6 is 0 Å². The Balaban J connectivity index is 1.99. The van der Waals surface area contributed by atoms with E-state index in [4.69, 9.17) is 4.42 Å². The van der Waals surface area contributed by atoms with Gasteiger partial charge in [-0.2, -0.15) is 0 Å².